The van der Waals surface area contributed by atoms with Crippen molar-refractivity contribution in [3.63, 3.8) is 0 Å². The Morgan fingerprint density at radius 2 is 1.12 bits per heavy atom. The second kappa shape index (κ2) is 10.2. The van der Waals surface area contributed by atoms with Gasteiger partial charge in [-0.2, -0.15) is 10.5 Å². The molecule has 10 aromatic rings. The molecule has 226 valence electrons. The van der Waals surface area contributed by atoms with Gasteiger partial charge in [0.05, 0.1) is 51.0 Å². The van der Waals surface area contributed by atoms with Gasteiger partial charge in [-0.3, -0.25) is 0 Å². The second-order valence-corrected chi connectivity index (χ2v) is 12.4. The van der Waals surface area contributed by atoms with E-state index in [0.29, 0.717) is 11.1 Å². The normalized spacial score (nSPS) is 11.6. The number of nitrogens with zero attached hydrogens (tertiary/aromatic N) is 4. The van der Waals surface area contributed by atoms with Crippen LogP contribution in [0.4, 0.5) is 0 Å². The van der Waals surface area contributed by atoms with Crippen molar-refractivity contribution in [3.05, 3.63) is 157 Å². The Morgan fingerprint density at radius 3 is 1.98 bits per heavy atom. The maximum Gasteiger partial charge on any atom is 0.160 e. The van der Waals surface area contributed by atoms with Gasteiger partial charge >= 0.3 is 0 Å². The molecule has 7 aromatic carbocycles. The first-order valence-corrected chi connectivity index (χ1v) is 16.1. The largest absolute Gasteiger partial charge is 0.454 e. The third-order valence-corrected chi connectivity index (χ3v) is 9.77. The standard InChI is InChI=1S/C44H24N4O/c45-25-27-15-20-40-36(22-27)32-10-4-6-12-38(32)48(40)41-23-28(26-46)14-17-31(41)29-16-21-39-37(24-29)34-18-19-35-33-11-5-7-13-42(33)49-44(35)43(34)47(39)30-8-2-1-3-9-30/h1-24H. The SMILES string of the molecule is N#Cc1ccc(-c2ccc3c(c2)c2ccc4c5ccccc5oc4c2n3-c2ccccc2)c(-n2c3ccccc3c3cc(C#N)ccc32)c1. The monoisotopic (exact) mass is 624 g/mol. The lowest BCUT2D eigenvalue weighted by atomic mass is 9.99. The molecule has 0 radical (unpaired) electrons. The van der Waals surface area contributed by atoms with E-state index in [9.17, 15) is 10.5 Å². The van der Waals surface area contributed by atoms with Gasteiger partial charge in [0.25, 0.3) is 0 Å². The average molecular weight is 625 g/mol. The van der Waals surface area contributed by atoms with E-state index in [1.54, 1.807) is 0 Å². The molecule has 0 amide bonds. The molecule has 5 heteroatoms. The maximum atomic E-state index is 10.0. The van der Waals surface area contributed by atoms with E-state index in [1.165, 1.54) is 0 Å². The minimum absolute atomic E-state index is 0.576. The molecule has 0 saturated carbocycles. The van der Waals surface area contributed by atoms with Gasteiger partial charge in [-0.1, -0.05) is 72.8 Å². The lowest BCUT2D eigenvalue weighted by molar-refractivity contribution is 0.671. The summed E-state index contributed by atoms with van der Waals surface area (Å²) in [6.45, 7) is 0. The highest BCUT2D eigenvalue weighted by molar-refractivity contribution is 6.22. The summed E-state index contributed by atoms with van der Waals surface area (Å²) >= 11 is 0. The summed E-state index contributed by atoms with van der Waals surface area (Å²) in [4.78, 5) is 0. The Balaban J connectivity index is 1.29. The Morgan fingerprint density at radius 1 is 0.469 bits per heavy atom. The van der Waals surface area contributed by atoms with Crippen LogP contribution in [0.1, 0.15) is 11.1 Å². The molecule has 0 N–H and O–H groups in total. The van der Waals surface area contributed by atoms with Crippen molar-refractivity contribution < 1.29 is 4.42 Å². The van der Waals surface area contributed by atoms with Crippen LogP contribution in [-0.2, 0) is 0 Å². The molecule has 0 saturated heterocycles. The Bertz CT molecular complexity index is 3070. The van der Waals surface area contributed by atoms with Gasteiger partial charge in [0.1, 0.15) is 5.58 Å². The topological polar surface area (TPSA) is 70.6 Å². The average Bonchev–Trinajstić information content (AvgIpc) is 3.82. The third-order valence-electron chi connectivity index (χ3n) is 9.77. The summed E-state index contributed by atoms with van der Waals surface area (Å²) in [5.41, 5.74) is 11.0. The number of hydrogen-bond acceptors (Lipinski definition) is 3. The van der Waals surface area contributed by atoms with E-state index in [4.69, 9.17) is 4.42 Å². The predicted molar refractivity (Wildman–Crippen MR) is 197 cm³/mol. The van der Waals surface area contributed by atoms with Crippen molar-refractivity contribution in [2.45, 2.75) is 0 Å². The number of hydrogen-bond donors (Lipinski definition) is 0. The molecule has 0 bridgehead atoms. The molecule has 0 fully saturated rings. The van der Waals surface area contributed by atoms with E-state index in [-0.39, 0.29) is 0 Å². The van der Waals surface area contributed by atoms with Crippen LogP contribution in [0.15, 0.2) is 150 Å². The fraction of sp³-hybridized carbons (Fsp3) is 0. The molecule has 0 aliphatic heterocycles. The summed E-state index contributed by atoms with van der Waals surface area (Å²) < 4.78 is 11.1. The van der Waals surface area contributed by atoms with Crippen LogP contribution in [0.25, 0.3) is 88.1 Å². The molecule has 0 spiro atoms. The van der Waals surface area contributed by atoms with Crippen molar-refractivity contribution >= 4 is 65.6 Å². The van der Waals surface area contributed by atoms with Crippen LogP contribution in [-0.4, -0.2) is 9.13 Å². The minimum atomic E-state index is 0.576. The molecule has 0 atom stereocenters. The minimum Gasteiger partial charge on any atom is -0.454 e. The molecule has 0 aliphatic rings. The third kappa shape index (κ3) is 3.85. The van der Waals surface area contributed by atoms with E-state index in [1.807, 2.05) is 66.7 Å². The smallest absolute Gasteiger partial charge is 0.160 e. The zero-order valence-corrected chi connectivity index (χ0v) is 26.1. The fourth-order valence-electron chi connectivity index (χ4n) is 7.63. The van der Waals surface area contributed by atoms with Gasteiger partial charge in [0.2, 0.25) is 0 Å². The van der Waals surface area contributed by atoms with Gasteiger partial charge in [0.15, 0.2) is 5.58 Å². The summed E-state index contributed by atoms with van der Waals surface area (Å²) in [5, 5.41) is 26.1. The van der Waals surface area contributed by atoms with Crippen molar-refractivity contribution in [2.24, 2.45) is 0 Å². The summed E-state index contributed by atoms with van der Waals surface area (Å²) in [5.74, 6) is 0. The molecule has 10 rings (SSSR count). The predicted octanol–water partition coefficient (Wildman–Crippen LogP) is 11.2. The highest BCUT2D eigenvalue weighted by Crippen LogP contribution is 2.43. The highest BCUT2D eigenvalue weighted by atomic mass is 16.3. The van der Waals surface area contributed by atoms with Crippen LogP contribution < -0.4 is 0 Å². The second-order valence-electron chi connectivity index (χ2n) is 12.4. The number of fused-ring (bicyclic) bond motifs is 10. The molecule has 5 nitrogen and oxygen atoms in total. The van der Waals surface area contributed by atoms with Gasteiger partial charge in [0, 0.05) is 43.6 Å². The molecule has 49 heavy (non-hydrogen) atoms. The van der Waals surface area contributed by atoms with E-state index in [2.05, 4.69) is 100 Å². The van der Waals surface area contributed by atoms with Crippen LogP contribution in [0.3, 0.4) is 0 Å². The zero-order valence-electron chi connectivity index (χ0n) is 26.1. The molecular weight excluding hydrogens is 601 g/mol. The number of benzene rings is 7. The van der Waals surface area contributed by atoms with Gasteiger partial charge in [-0.15, -0.1) is 0 Å². The molecular formula is C44H24N4O. The van der Waals surface area contributed by atoms with Crippen LogP contribution >= 0.6 is 0 Å². The van der Waals surface area contributed by atoms with Gasteiger partial charge < -0.3 is 13.6 Å². The van der Waals surface area contributed by atoms with E-state index >= 15 is 0 Å². The van der Waals surface area contributed by atoms with Crippen molar-refractivity contribution in [1.82, 2.24) is 9.13 Å². The number of furan rings is 1. The number of nitriles is 2. The first-order valence-electron chi connectivity index (χ1n) is 16.1. The van der Waals surface area contributed by atoms with Gasteiger partial charge in [-0.05, 0) is 78.4 Å². The fourth-order valence-corrected chi connectivity index (χ4v) is 7.63. The van der Waals surface area contributed by atoms with Gasteiger partial charge in [-0.25, -0.2) is 0 Å². The van der Waals surface area contributed by atoms with Crippen LogP contribution in [0, 0.1) is 22.7 Å². The summed E-state index contributed by atoms with van der Waals surface area (Å²) in [6, 6.07) is 54.2. The van der Waals surface area contributed by atoms with Crippen molar-refractivity contribution in [3.8, 4) is 34.6 Å². The lowest BCUT2D eigenvalue weighted by Gasteiger charge is -2.15. The first kappa shape index (κ1) is 27.1. The van der Waals surface area contributed by atoms with E-state index in [0.717, 1.165) is 88.1 Å². The molecule has 3 aromatic heterocycles. The van der Waals surface area contributed by atoms with Crippen LogP contribution in [0.5, 0.6) is 0 Å². The van der Waals surface area contributed by atoms with Crippen molar-refractivity contribution in [2.75, 3.05) is 0 Å². The Hall–Kier alpha value is -7.08. The Labute approximate surface area is 280 Å². The lowest BCUT2D eigenvalue weighted by Crippen LogP contribution is -1.98. The van der Waals surface area contributed by atoms with Crippen LogP contribution in [0.2, 0.25) is 0 Å². The number of para-hydroxylation sites is 3. The maximum absolute atomic E-state index is 10.0. The molecule has 0 unspecified atom stereocenters. The summed E-state index contributed by atoms with van der Waals surface area (Å²) in [6.07, 6.45) is 0. The molecule has 0 aliphatic carbocycles. The quantitative estimate of drug-likeness (QED) is 0.196. The number of rotatable bonds is 3. The Kier molecular flexibility index (Phi) is 5.64. The first-order chi connectivity index (χ1) is 24.2. The zero-order chi connectivity index (χ0) is 32.6. The number of aromatic nitrogens is 2. The molecule has 3 heterocycles. The van der Waals surface area contributed by atoms with E-state index < -0.39 is 0 Å². The highest BCUT2D eigenvalue weighted by Gasteiger charge is 2.21. The summed E-state index contributed by atoms with van der Waals surface area (Å²) in [7, 11) is 0. The van der Waals surface area contributed by atoms with Crippen molar-refractivity contribution in [1.29, 1.82) is 10.5 Å².